The van der Waals surface area contributed by atoms with Crippen molar-refractivity contribution < 1.29 is 19.5 Å². The summed E-state index contributed by atoms with van der Waals surface area (Å²) in [5.41, 5.74) is 0.822. The normalized spacial score (nSPS) is 20.5. The van der Waals surface area contributed by atoms with Crippen molar-refractivity contribution in [3.63, 3.8) is 0 Å². The molecule has 0 fully saturated rings. The Morgan fingerprint density at radius 2 is 2.00 bits per heavy atom. The van der Waals surface area contributed by atoms with Gasteiger partial charge < -0.3 is 21.1 Å². The number of carbonyl (C=O) groups is 3. The van der Waals surface area contributed by atoms with Crippen molar-refractivity contribution in [1.29, 1.82) is 0 Å². The highest BCUT2D eigenvalue weighted by Crippen LogP contribution is 2.27. The molecule has 10 nitrogen and oxygen atoms in total. The molecule has 0 radical (unpaired) electrons. The zero-order chi connectivity index (χ0) is 19.2. The highest BCUT2D eigenvalue weighted by Gasteiger charge is 2.40. The van der Waals surface area contributed by atoms with Crippen molar-refractivity contribution in [2.45, 2.75) is 19.0 Å². The number of hydrazone groups is 1. The topological polar surface area (TPSA) is 135 Å². The summed E-state index contributed by atoms with van der Waals surface area (Å²) in [5.74, 6) is -1.28. The van der Waals surface area contributed by atoms with Gasteiger partial charge in [0.25, 0.3) is 0 Å². The number of hydrogen-bond donors (Lipinski definition) is 4. The summed E-state index contributed by atoms with van der Waals surface area (Å²) in [6, 6.07) is 8.95. The maximum absolute atomic E-state index is 12.3. The van der Waals surface area contributed by atoms with E-state index >= 15 is 0 Å². The number of aliphatic carboxylic acids is 1. The van der Waals surface area contributed by atoms with Crippen molar-refractivity contribution >= 4 is 35.6 Å². The number of para-hydroxylation sites is 1. The van der Waals surface area contributed by atoms with Gasteiger partial charge in [-0.25, -0.2) is 14.8 Å². The Kier molecular flexibility index (Phi) is 5.64. The molecule has 2 aliphatic heterocycles. The van der Waals surface area contributed by atoms with Gasteiger partial charge in [-0.2, -0.15) is 5.10 Å². The van der Waals surface area contributed by atoms with Crippen LogP contribution in [-0.4, -0.2) is 54.3 Å². The van der Waals surface area contributed by atoms with E-state index in [-0.39, 0.29) is 25.4 Å². The number of rotatable bonds is 7. The summed E-state index contributed by atoms with van der Waals surface area (Å²) in [7, 11) is 0. The predicted molar refractivity (Wildman–Crippen MR) is 98.5 cm³/mol. The molecule has 0 bridgehead atoms. The van der Waals surface area contributed by atoms with Gasteiger partial charge in [0, 0.05) is 19.2 Å². The Morgan fingerprint density at radius 3 is 2.74 bits per heavy atom. The van der Waals surface area contributed by atoms with Gasteiger partial charge in [0.05, 0.1) is 12.2 Å². The van der Waals surface area contributed by atoms with Gasteiger partial charge in [0.1, 0.15) is 11.8 Å². The lowest BCUT2D eigenvalue weighted by Gasteiger charge is -2.28. The molecule has 2 aliphatic rings. The lowest BCUT2D eigenvalue weighted by Crippen LogP contribution is -2.52. The lowest BCUT2D eigenvalue weighted by atomic mass is 10.1. The molecule has 3 rings (SSSR count). The first-order valence-corrected chi connectivity index (χ1v) is 8.54. The molecule has 142 valence electrons. The van der Waals surface area contributed by atoms with Gasteiger partial charge in [-0.05, 0) is 18.6 Å². The van der Waals surface area contributed by atoms with Crippen molar-refractivity contribution in [2.75, 3.05) is 18.1 Å². The van der Waals surface area contributed by atoms with Crippen LogP contribution in [0.1, 0.15) is 12.8 Å². The van der Waals surface area contributed by atoms with Crippen LogP contribution in [0.25, 0.3) is 0 Å². The number of amides is 3. The van der Waals surface area contributed by atoms with E-state index in [9.17, 15) is 14.4 Å². The Morgan fingerprint density at radius 1 is 1.22 bits per heavy atom. The third-order valence-electron chi connectivity index (χ3n) is 4.07. The van der Waals surface area contributed by atoms with Crippen LogP contribution in [0.15, 0.2) is 40.4 Å². The molecular weight excluding hydrogens is 352 g/mol. The average molecular weight is 372 g/mol. The number of nitrogens with zero attached hydrogens (tertiary/aromatic N) is 3. The van der Waals surface area contributed by atoms with Crippen LogP contribution in [-0.2, 0) is 9.59 Å². The number of carbonyl (C=O) groups excluding carboxylic acids is 2. The van der Waals surface area contributed by atoms with Crippen molar-refractivity contribution in [3.05, 3.63) is 30.3 Å². The molecule has 1 aromatic rings. The molecule has 27 heavy (non-hydrogen) atoms. The first kappa shape index (κ1) is 18.4. The molecular formula is C17H20N6O4. The van der Waals surface area contributed by atoms with E-state index in [2.05, 4.69) is 26.0 Å². The number of anilines is 1. The quantitative estimate of drug-likeness (QED) is 0.505. The first-order valence-electron chi connectivity index (χ1n) is 8.54. The second-order valence-electron chi connectivity index (χ2n) is 6.06. The van der Waals surface area contributed by atoms with E-state index in [1.165, 1.54) is 0 Å². The summed E-state index contributed by atoms with van der Waals surface area (Å²) >= 11 is 0. The third kappa shape index (κ3) is 4.60. The smallest absolute Gasteiger partial charge is 0.315 e. The van der Waals surface area contributed by atoms with Crippen LogP contribution < -0.4 is 21.0 Å². The molecule has 1 aromatic carbocycles. The summed E-state index contributed by atoms with van der Waals surface area (Å²) in [4.78, 5) is 39.0. The number of carboxylic acid groups (broad SMARTS) is 1. The SMILES string of the molecule is O=C(O)CCCNC(=O)NCC1=N[C@@H]2[C@H](C=NN2c2ccccc2)C(=O)N1. The first-order chi connectivity index (χ1) is 13.0. The number of hydrogen-bond acceptors (Lipinski definition) is 6. The van der Waals surface area contributed by atoms with E-state index in [1.54, 1.807) is 11.2 Å². The van der Waals surface area contributed by atoms with E-state index in [0.29, 0.717) is 12.3 Å². The molecule has 0 saturated heterocycles. The van der Waals surface area contributed by atoms with Crippen LogP contribution in [0.3, 0.4) is 0 Å². The molecule has 0 aliphatic carbocycles. The highest BCUT2D eigenvalue weighted by atomic mass is 16.4. The summed E-state index contributed by atoms with van der Waals surface area (Å²) in [6.07, 6.45) is 1.40. The third-order valence-corrected chi connectivity index (χ3v) is 4.07. The molecule has 2 atom stereocenters. The Balaban J connectivity index is 1.56. The largest absolute Gasteiger partial charge is 0.481 e. The van der Waals surface area contributed by atoms with Crippen molar-refractivity contribution in [3.8, 4) is 0 Å². The molecule has 4 N–H and O–H groups in total. The van der Waals surface area contributed by atoms with Gasteiger partial charge in [0.15, 0.2) is 6.17 Å². The molecule has 0 saturated carbocycles. The zero-order valence-electron chi connectivity index (χ0n) is 14.5. The highest BCUT2D eigenvalue weighted by molar-refractivity contribution is 6.09. The van der Waals surface area contributed by atoms with Gasteiger partial charge in [-0.15, -0.1) is 0 Å². The number of benzene rings is 1. The summed E-state index contributed by atoms with van der Waals surface area (Å²) in [5, 5.41) is 22.3. The molecule has 0 unspecified atom stereocenters. The van der Waals surface area contributed by atoms with Gasteiger partial charge in [-0.1, -0.05) is 18.2 Å². The van der Waals surface area contributed by atoms with E-state index in [4.69, 9.17) is 5.11 Å². The molecule has 3 amide bonds. The van der Waals surface area contributed by atoms with Crippen LogP contribution in [0, 0.1) is 5.92 Å². The van der Waals surface area contributed by atoms with Gasteiger partial charge >= 0.3 is 12.0 Å². The maximum Gasteiger partial charge on any atom is 0.315 e. The minimum absolute atomic E-state index is 0.0125. The molecule has 0 spiro atoms. The fourth-order valence-electron chi connectivity index (χ4n) is 2.75. The van der Waals surface area contributed by atoms with Gasteiger partial charge in [0.2, 0.25) is 5.91 Å². The maximum atomic E-state index is 12.3. The minimum Gasteiger partial charge on any atom is -0.481 e. The number of aliphatic imine (C=N–C) groups is 1. The van der Waals surface area contributed by atoms with E-state index in [0.717, 1.165) is 5.69 Å². The molecule has 10 heteroatoms. The summed E-state index contributed by atoms with van der Waals surface area (Å²) in [6.45, 7) is 0.291. The minimum atomic E-state index is -0.909. The van der Waals surface area contributed by atoms with Crippen LogP contribution in [0.2, 0.25) is 0 Å². The monoisotopic (exact) mass is 372 g/mol. The Labute approximate surface area is 155 Å². The average Bonchev–Trinajstić information content (AvgIpc) is 3.09. The van der Waals surface area contributed by atoms with E-state index < -0.39 is 24.1 Å². The zero-order valence-corrected chi connectivity index (χ0v) is 14.5. The number of fused-ring (bicyclic) bond motifs is 1. The molecule has 2 heterocycles. The molecule has 0 aromatic heterocycles. The second-order valence-corrected chi connectivity index (χ2v) is 6.06. The van der Waals surface area contributed by atoms with Crippen molar-refractivity contribution in [1.82, 2.24) is 16.0 Å². The Hall–Kier alpha value is -3.43. The lowest BCUT2D eigenvalue weighted by molar-refractivity contribution is -0.137. The predicted octanol–water partition coefficient (Wildman–Crippen LogP) is 0.127. The van der Waals surface area contributed by atoms with Gasteiger partial charge in [-0.3, -0.25) is 9.59 Å². The number of nitrogens with one attached hydrogen (secondary N) is 3. The van der Waals surface area contributed by atoms with Crippen LogP contribution in [0.5, 0.6) is 0 Å². The number of carboxylic acids is 1. The Bertz CT molecular complexity index is 779. The fourth-order valence-corrected chi connectivity index (χ4v) is 2.75. The second kappa shape index (κ2) is 8.30. The number of amidine groups is 1. The van der Waals surface area contributed by atoms with Crippen molar-refractivity contribution in [2.24, 2.45) is 16.0 Å². The summed E-state index contributed by atoms with van der Waals surface area (Å²) < 4.78 is 0. The standard InChI is InChI=1S/C17H20N6O4/c24-14(25)7-4-8-18-17(27)19-10-13-21-15-12(16(26)22-13)9-20-23(15)11-5-2-1-3-6-11/h1-3,5-6,9,12,15H,4,7-8,10H2,(H,24,25)(H2,18,19,27)(H,21,22,26)/t12-,15-/m0/s1. The van der Waals surface area contributed by atoms with Crippen LogP contribution in [0.4, 0.5) is 10.5 Å². The van der Waals surface area contributed by atoms with E-state index in [1.807, 2.05) is 30.3 Å². The number of urea groups is 1. The van der Waals surface area contributed by atoms with Crippen LogP contribution >= 0.6 is 0 Å². The fraction of sp³-hybridized carbons (Fsp3) is 0.353.